The Hall–Kier alpha value is -0.950. The summed E-state index contributed by atoms with van der Waals surface area (Å²) in [5, 5.41) is 6.46. The molecule has 1 unspecified atom stereocenters. The maximum absolute atomic E-state index is 12.3. The number of carbonyl (C=O) groups excluding carboxylic acids is 2. The molecule has 1 heterocycles. The van der Waals surface area contributed by atoms with E-state index in [2.05, 4.69) is 15.6 Å². The van der Waals surface area contributed by atoms with E-state index in [1.54, 1.807) is 0 Å². The van der Waals surface area contributed by atoms with Crippen LogP contribution in [-0.4, -0.2) is 28.3 Å². The van der Waals surface area contributed by atoms with Gasteiger partial charge in [0.25, 0.3) is 0 Å². The molecule has 140 valence electrons. The van der Waals surface area contributed by atoms with E-state index in [0.29, 0.717) is 20.9 Å². The van der Waals surface area contributed by atoms with Gasteiger partial charge in [-0.2, -0.15) is 0 Å². The number of carbonyl (C=O) groups is 2. The predicted octanol–water partition coefficient (Wildman–Crippen LogP) is 4.90. The highest BCUT2D eigenvalue weighted by molar-refractivity contribution is 8.15. The highest BCUT2D eigenvalue weighted by Gasteiger charge is 2.32. The Balaban J connectivity index is 1.58. The lowest BCUT2D eigenvalue weighted by molar-refractivity contribution is -0.122. The van der Waals surface area contributed by atoms with Gasteiger partial charge in [0.15, 0.2) is 5.17 Å². The zero-order chi connectivity index (χ0) is 18.7. The fourth-order valence-corrected chi connectivity index (χ4v) is 4.60. The van der Waals surface area contributed by atoms with Crippen LogP contribution in [0.4, 0.5) is 5.69 Å². The third-order valence-electron chi connectivity index (χ3n) is 4.31. The number of hydrogen-bond acceptors (Lipinski definition) is 4. The summed E-state index contributed by atoms with van der Waals surface area (Å²) in [5.41, 5.74) is 0.366. The average Bonchev–Trinajstić information content (AvgIpc) is 2.92. The van der Waals surface area contributed by atoms with Gasteiger partial charge in [0.05, 0.1) is 26.8 Å². The van der Waals surface area contributed by atoms with Crippen LogP contribution in [0.2, 0.25) is 15.1 Å². The van der Waals surface area contributed by atoms with E-state index in [9.17, 15) is 9.59 Å². The maximum Gasteiger partial charge on any atom is 0.240 e. The number of nitrogens with one attached hydrogen (secondary N) is 2. The summed E-state index contributed by atoms with van der Waals surface area (Å²) in [7, 11) is 0. The molecule has 1 aromatic carbocycles. The number of halogens is 3. The van der Waals surface area contributed by atoms with E-state index in [4.69, 9.17) is 34.8 Å². The van der Waals surface area contributed by atoms with Crippen LogP contribution in [0.5, 0.6) is 0 Å². The minimum Gasteiger partial charge on any atom is -0.325 e. The number of benzene rings is 1. The van der Waals surface area contributed by atoms with E-state index < -0.39 is 5.25 Å². The Morgan fingerprint density at radius 3 is 2.58 bits per heavy atom. The predicted molar refractivity (Wildman–Crippen MR) is 109 cm³/mol. The van der Waals surface area contributed by atoms with Crippen LogP contribution >= 0.6 is 46.6 Å². The SMILES string of the molecule is O=C(CC1SC(=NC2CCCCC2)NC1=O)Nc1cc(Cl)c(Cl)cc1Cl. The topological polar surface area (TPSA) is 70.6 Å². The van der Waals surface area contributed by atoms with Crippen LogP contribution in [0.1, 0.15) is 38.5 Å². The van der Waals surface area contributed by atoms with Crippen molar-refractivity contribution < 1.29 is 9.59 Å². The largest absolute Gasteiger partial charge is 0.325 e. The van der Waals surface area contributed by atoms with Gasteiger partial charge < -0.3 is 10.6 Å². The number of rotatable bonds is 4. The molecule has 0 aromatic heterocycles. The molecule has 2 aliphatic rings. The van der Waals surface area contributed by atoms with Gasteiger partial charge in [-0.15, -0.1) is 0 Å². The Kier molecular flexibility index (Phi) is 6.72. The molecule has 5 nitrogen and oxygen atoms in total. The van der Waals surface area contributed by atoms with Crippen molar-refractivity contribution in [2.45, 2.75) is 49.8 Å². The van der Waals surface area contributed by atoms with Crippen molar-refractivity contribution in [3.8, 4) is 0 Å². The summed E-state index contributed by atoms with van der Waals surface area (Å²) in [6, 6.07) is 3.23. The molecule has 2 amide bonds. The Labute approximate surface area is 171 Å². The zero-order valence-corrected chi connectivity index (χ0v) is 16.9. The number of hydrogen-bond donors (Lipinski definition) is 2. The Morgan fingerprint density at radius 1 is 1.15 bits per heavy atom. The number of nitrogens with zero attached hydrogens (tertiary/aromatic N) is 1. The van der Waals surface area contributed by atoms with Crippen molar-refractivity contribution >= 4 is 69.2 Å². The van der Waals surface area contributed by atoms with Gasteiger partial charge in [0.1, 0.15) is 5.25 Å². The van der Waals surface area contributed by atoms with Crippen LogP contribution in [0.15, 0.2) is 17.1 Å². The Morgan fingerprint density at radius 2 is 1.85 bits per heavy atom. The molecular formula is C17H18Cl3N3O2S. The van der Waals surface area contributed by atoms with Crippen molar-refractivity contribution in [2.24, 2.45) is 4.99 Å². The summed E-state index contributed by atoms with van der Waals surface area (Å²) in [4.78, 5) is 29.0. The fraction of sp³-hybridized carbons (Fsp3) is 0.471. The maximum atomic E-state index is 12.3. The van der Waals surface area contributed by atoms with Crippen molar-refractivity contribution in [3.05, 3.63) is 27.2 Å². The molecule has 26 heavy (non-hydrogen) atoms. The summed E-state index contributed by atoms with van der Waals surface area (Å²) in [6.07, 6.45) is 5.74. The number of thioether (sulfide) groups is 1. The third kappa shape index (κ3) is 5.06. The molecule has 1 aliphatic heterocycles. The summed E-state index contributed by atoms with van der Waals surface area (Å²) >= 11 is 19.2. The lowest BCUT2D eigenvalue weighted by Crippen LogP contribution is -2.28. The molecule has 0 radical (unpaired) electrons. The number of anilines is 1. The highest BCUT2D eigenvalue weighted by Crippen LogP contribution is 2.33. The molecule has 2 fully saturated rings. The van der Waals surface area contributed by atoms with Crippen molar-refractivity contribution in [2.75, 3.05) is 5.32 Å². The Bertz CT molecular complexity index is 751. The molecule has 1 aliphatic carbocycles. The second kappa shape index (κ2) is 8.83. The summed E-state index contributed by atoms with van der Waals surface area (Å²) in [5.74, 6) is -0.517. The zero-order valence-electron chi connectivity index (χ0n) is 13.9. The standard InChI is InChI=1S/C17H18Cl3N3O2S/c18-10-6-12(20)13(7-11(10)19)22-15(24)8-14-16(25)23-17(26-14)21-9-4-2-1-3-5-9/h6-7,9,14H,1-5,8H2,(H,22,24)(H,21,23,25). The molecule has 1 atom stereocenters. The first-order valence-corrected chi connectivity index (χ1v) is 10.4. The van der Waals surface area contributed by atoms with E-state index in [0.717, 1.165) is 12.8 Å². The summed E-state index contributed by atoms with van der Waals surface area (Å²) in [6.45, 7) is 0. The van der Waals surface area contributed by atoms with Gasteiger partial charge in [-0.3, -0.25) is 14.6 Å². The second-order valence-corrected chi connectivity index (χ2v) is 8.73. The molecular weight excluding hydrogens is 417 g/mol. The molecule has 1 aromatic rings. The van der Waals surface area contributed by atoms with E-state index in [1.807, 2.05) is 0 Å². The number of amides is 2. The first-order chi connectivity index (χ1) is 12.4. The van der Waals surface area contributed by atoms with Crippen LogP contribution in [0, 0.1) is 0 Å². The van der Waals surface area contributed by atoms with Crippen LogP contribution in [0.3, 0.4) is 0 Å². The van der Waals surface area contributed by atoms with Gasteiger partial charge in [-0.05, 0) is 25.0 Å². The first-order valence-electron chi connectivity index (χ1n) is 8.42. The first kappa shape index (κ1) is 19.8. The van der Waals surface area contributed by atoms with Gasteiger partial charge in [-0.25, -0.2) is 0 Å². The van der Waals surface area contributed by atoms with E-state index in [1.165, 1.54) is 43.2 Å². The average molecular weight is 435 g/mol. The van der Waals surface area contributed by atoms with Gasteiger partial charge >= 0.3 is 0 Å². The normalized spacial score (nSPS) is 22.5. The van der Waals surface area contributed by atoms with Gasteiger partial charge in [0.2, 0.25) is 11.8 Å². The minimum absolute atomic E-state index is 0.0246. The second-order valence-electron chi connectivity index (χ2n) is 6.32. The van der Waals surface area contributed by atoms with Crippen molar-refractivity contribution in [3.63, 3.8) is 0 Å². The minimum atomic E-state index is -0.501. The van der Waals surface area contributed by atoms with Crippen molar-refractivity contribution in [1.82, 2.24) is 5.32 Å². The molecule has 3 rings (SSSR count). The van der Waals surface area contributed by atoms with Crippen molar-refractivity contribution in [1.29, 1.82) is 0 Å². The highest BCUT2D eigenvalue weighted by atomic mass is 35.5. The van der Waals surface area contributed by atoms with E-state index >= 15 is 0 Å². The lowest BCUT2D eigenvalue weighted by atomic mass is 9.96. The number of aliphatic imine (C=N–C) groups is 1. The van der Waals surface area contributed by atoms with Gasteiger partial charge in [0, 0.05) is 6.42 Å². The monoisotopic (exact) mass is 433 g/mol. The third-order valence-corrected chi connectivity index (χ3v) is 6.44. The van der Waals surface area contributed by atoms with Crippen LogP contribution in [0.25, 0.3) is 0 Å². The summed E-state index contributed by atoms with van der Waals surface area (Å²) < 4.78 is 0. The molecule has 0 spiro atoms. The quantitative estimate of drug-likeness (QED) is 0.662. The number of amidine groups is 1. The molecule has 1 saturated carbocycles. The molecule has 9 heteroatoms. The van der Waals surface area contributed by atoms with Crippen LogP contribution < -0.4 is 10.6 Å². The van der Waals surface area contributed by atoms with E-state index in [-0.39, 0.29) is 29.3 Å². The molecule has 0 bridgehead atoms. The van der Waals surface area contributed by atoms with Gasteiger partial charge in [-0.1, -0.05) is 65.8 Å². The smallest absolute Gasteiger partial charge is 0.240 e. The molecule has 1 saturated heterocycles. The molecule has 2 N–H and O–H groups in total. The lowest BCUT2D eigenvalue weighted by Gasteiger charge is -2.17. The fourth-order valence-electron chi connectivity index (χ4n) is 2.96. The van der Waals surface area contributed by atoms with Crippen LogP contribution in [-0.2, 0) is 9.59 Å².